The second-order valence-corrected chi connectivity index (χ2v) is 5.20. The van der Waals surface area contributed by atoms with Crippen molar-refractivity contribution in [2.75, 3.05) is 19.9 Å². The number of rotatable bonds is 3. The Labute approximate surface area is 106 Å². The number of hydrogen-bond acceptors (Lipinski definition) is 4. The topological polar surface area (TPSA) is 38.3 Å². The van der Waals surface area contributed by atoms with Crippen molar-refractivity contribution in [3.8, 4) is 0 Å². The van der Waals surface area contributed by atoms with Gasteiger partial charge < -0.3 is 10.1 Å². The van der Waals surface area contributed by atoms with Gasteiger partial charge in [-0.3, -0.25) is 0 Å². The monoisotopic (exact) mass is 251 g/mol. The molecular formula is C13H17NO2S. The van der Waals surface area contributed by atoms with Gasteiger partial charge in [0.25, 0.3) is 0 Å². The van der Waals surface area contributed by atoms with Crippen LogP contribution in [0.2, 0.25) is 0 Å². The molecule has 0 amide bonds. The van der Waals surface area contributed by atoms with Gasteiger partial charge in [0.2, 0.25) is 0 Å². The summed E-state index contributed by atoms with van der Waals surface area (Å²) >= 11 is 1.89. The zero-order valence-electron chi connectivity index (χ0n) is 10.2. The number of ether oxygens (including phenoxy) is 1. The van der Waals surface area contributed by atoms with Crippen molar-refractivity contribution in [3.05, 3.63) is 29.3 Å². The van der Waals surface area contributed by atoms with E-state index in [1.807, 2.05) is 17.8 Å². The Hall–Kier alpha value is -1.00. The maximum absolute atomic E-state index is 11.6. The fourth-order valence-electron chi connectivity index (χ4n) is 2.10. The third-order valence-electron chi connectivity index (χ3n) is 2.99. The molecule has 1 aromatic carbocycles. The molecule has 1 atom stereocenters. The smallest absolute Gasteiger partial charge is 0.327 e. The first kappa shape index (κ1) is 12.5. The maximum Gasteiger partial charge on any atom is 0.327 e. The number of aryl methyl sites for hydroxylation is 1. The van der Waals surface area contributed by atoms with Crippen molar-refractivity contribution in [3.63, 3.8) is 0 Å². The number of thioether (sulfide) groups is 1. The van der Waals surface area contributed by atoms with Gasteiger partial charge in [-0.25, -0.2) is 4.79 Å². The van der Waals surface area contributed by atoms with E-state index in [1.165, 1.54) is 29.7 Å². The molecule has 0 saturated carbocycles. The molecule has 0 bridgehead atoms. The van der Waals surface area contributed by atoms with Gasteiger partial charge in [0.05, 0.1) is 7.11 Å². The van der Waals surface area contributed by atoms with Crippen LogP contribution in [0.3, 0.4) is 0 Å². The van der Waals surface area contributed by atoms with E-state index >= 15 is 0 Å². The highest BCUT2D eigenvalue weighted by Crippen LogP contribution is 2.31. The van der Waals surface area contributed by atoms with E-state index < -0.39 is 0 Å². The summed E-state index contributed by atoms with van der Waals surface area (Å²) in [5, 5.41) is 2.99. The minimum Gasteiger partial charge on any atom is -0.468 e. The Balaban J connectivity index is 2.29. The fraction of sp³-hybridized carbons (Fsp3) is 0.462. The van der Waals surface area contributed by atoms with Gasteiger partial charge >= 0.3 is 5.97 Å². The molecule has 0 aromatic heterocycles. The number of methoxy groups -OCH3 is 1. The molecule has 4 heteroatoms. The highest BCUT2D eigenvalue weighted by Gasteiger charge is 2.20. The normalized spacial score (nSPS) is 16.1. The lowest BCUT2D eigenvalue weighted by atomic mass is 10.0. The molecule has 1 aliphatic heterocycles. The third-order valence-corrected chi connectivity index (χ3v) is 4.19. The largest absolute Gasteiger partial charge is 0.468 e. The fourth-order valence-corrected chi connectivity index (χ4v) is 3.12. The van der Waals surface area contributed by atoms with Gasteiger partial charge in [0.1, 0.15) is 6.04 Å². The van der Waals surface area contributed by atoms with Gasteiger partial charge in [0, 0.05) is 4.90 Å². The first-order valence-electron chi connectivity index (χ1n) is 5.77. The predicted octanol–water partition coefficient (Wildman–Crippen LogP) is 2.16. The molecule has 0 aliphatic carbocycles. The molecule has 0 spiro atoms. The molecule has 92 valence electrons. The molecule has 0 radical (unpaired) electrons. The first-order chi connectivity index (χ1) is 8.26. The van der Waals surface area contributed by atoms with E-state index in [1.54, 1.807) is 7.05 Å². The zero-order valence-corrected chi connectivity index (χ0v) is 11.0. The minimum absolute atomic E-state index is 0.240. The zero-order chi connectivity index (χ0) is 12.3. The number of hydrogen-bond donors (Lipinski definition) is 1. The number of esters is 1. The van der Waals surface area contributed by atoms with Crippen LogP contribution >= 0.6 is 11.8 Å². The van der Waals surface area contributed by atoms with Crippen LogP contribution < -0.4 is 5.32 Å². The molecule has 1 unspecified atom stereocenters. The van der Waals surface area contributed by atoms with E-state index in [-0.39, 0.29) is 12.0 Å². The predicted molar refractivity (Wildman–Crippen MR) is 69.3 cm³/mol. The van der Waals surface area contributed by atoms with Crippen molar-refractivity contribution in [1.29, 1.82) is 0 Å². The molecule has 3 nitrogen and oxygen atoms in total. The second kappa shape index (κ2) is 5.56. The molecule has 1 N–H and O–H groups in total. The van der Waals surface area contributed by atoms with E-state index in [0.717, 1.165) is 12.0 Å². The van der Waals surface area contributed by atoms with Crippen molar-refractivity contribution < 1.29 is 9.53 Å². The van der Waals surface area contributed by atoms with Crippen molar-refractivity contribution in [2.45, 2.75) is 23.8 Å². The van der Waals surface area contributed by atoms with Gasteiger partial charge in [-0.1, -0.05) is 12.1 Å². The van der Waals surface area contributed by atoms with Crippen LogP contribution in [0.5, 0.6) is 0 Å². The summed E-state index contributed by atoms with van der Waals surface area (Å²) in [6.07, 6.45) is 2.32. The highest BCUT2D eigenvalue weighted by molar-refractivity contribution is 7.99. The number of carbonyl (C=O) groups is 1. The summed E-state index contributed by atoms with van der Waals surface area (Å²) in [6, 6.07) is 5.88. The summed E-state index contributed by atoms with van der Waals surface area (Å²) in [6.45, 7) is 0. The summed E-state index contributed by atoms with van der Waals surface area (Å²) in [5.41, 5.74) is 2.34. The molecule has 0 fully saturated rings. The average Bonchev–Trinajstić information content (AvgIpc) is 2.39. The maximum atomic E-state index is 11.6. The molecule has 1 aliphatic rings. The van der Waals surface area contributed by atoms with Gasteiger partial charge in [-0.05, 0) is 42.8 Å². The van der Waals surface area contributed by atoms with Crippen molar-refractivity contribution in [2.24, 2.45) is 0 Å². The number of likely N-dealkylation sites (N-methyl/N-ethyl adjacent to an activating group) is 1. The minimum atomic E-state index is -0.364. The van der Waals surface area contributed by atoms with Crippen LogP contribution in [-0.4, -0.2) is 25.9 Å². The van der Waals surface area contributed by atoms with Crippen LogP contribution in [0.4, 0.5) is 0 Å². The number of benzene rings is 1. The average molecular weight is 251 g/mol. The lowest BCUT2D eigenvalue weighted by Gasteiger charge is -2.19. The molecule has 0 saturated heterocycles. The van der Waals surface area contributed by atoms with Crippen LogP contribution in [0.25, 0.3) is 0 Å². The van der Waals surface area contributed by atoms with Crippen molar-refractivity contribution >= 4 is 17.7 Å². The number of fused-ring (bicyclic) bond motifs is 1. The van der Waals surface area contributed by atoms with Crippen LogP contribution in [-0.2, 0) is 16.0 Å². The molecule has 17 heavy (non-hydrogen) atoms. The summed E-state index contributed by atoms with van der Waals surface area (Å²) in [7, 11) is 3.19. The quantitative estimate of drug-likeness (QED) is 0.836. The molecule has 1 aromatic rings. The second-order valence-electron chi connectivity index (χ2n) is 4.06. The lowest BCUT2D eigenvalue weighted by molar-refractivity contribution is -0.143. The Morgan fingerprint density at radius 2 is 2.35 bits per heavy atom. The molecule has 2 rings (SSSR count). The molecule has 1 heterocycles. The summed E-state index contributed by atoms with van der Waals surface area (Å²) in [5.74, 6) is 0.953. The van der Waals surface area contributed by atoms with E-state index in [9.17, 15) is 4.79 Å². The van der Waals surface area contributed by atoms with E-state index in [0.29, 0.717) is 0 Å². The Morgan fingerprint density at radius 1 is 1.53 bits per heavy atom. The van der Waals surface area contributed by atoms with Gasteiger partial charge in [-0.2, -0.15) is 0 Å². The SMILES string of the molecule is CNC(C(=O)OC)c1ccc2c(c1)CCCS2. The van der Waals surface area contributed by atoms with E-state index in [4.69, 9.17) is 4.74 Å². The Morgan fingerprint density at radius 3 is 3.06 bits per heavy atom. The highest BCUT2D eigenvalue weighted by atomic mass is 32.2. The van der Waals surface area contributed by atoms with Crippen molar-refractivity contribution in [1.82, 2.24) is 5.32 Å². The number of nitrogens with one attached hydrogen (secondary N) is 1. The van der Waals surface area contributed by atoms with Crippen LogP contribution in [0.1, 0.15) is 23.6 Å². The Kier molecular flexibility index (Phi) is 4.07. The summed E-state index contributed by atoms with van der Waals surface area (Å²) in [4.78, 5) is 13.0. The third kappa shape index (κ3) is 2.64. The standard InChI is InChI=1S/C13H17NO2S/c1-14-12(13(15)16-2)10-5-6-11-9(8-10)4-3-7-17-11/h5-6,8,12,14H,3-4,7H2,1-2H3. The molecular weight excluding hydrogens is 234 g/mol. The Bertz CT molecular complexity index is 420. The van der Waals surface area contributed by atoms with E-state index in [2.05, 4.69) is 17.4 Å². The van der Waals surface area contributed by atoms with Crippen LogP contribution in [0, 0.1) is 0 Å². The van der Waals surface area contributed by atoms with Crippen LogP contribution in [0.15, 0.2) is 23.1 Å². The van der Waals surface area contributed by atoms with Gasteiger partial charge in [-0.15, -0.1) is 11.8 Å². The lowest BCUT2D eigenvalue weighted by Crippen LogP contribution is -2.26. The van der Waals surface area contributed by atoms with Gasteiger partial charge in [0.15, 0.2) is 0 Å². The first-order valence-corrected chi connectivity index (χ1v) is 6.75. The summed E-state index contributed by atoms with van der Waals surface area (Å²) < 4.78 is 4.80. The number of carbonyl (C=O) groups excluding carboxylic acids is 1.